The average Bonchev–Trinajstić information content (AvgIpc) is 2.81. The third kappa shape index (κ3) is 9.72. The maximum absolute atomic E-state index is 12.7. The summed E-state index contributed by atoms with van der Waals surface area (Å²) in [5, 5.41) is 7.29. The molecule has 9 heteroatoms. The molecule has 1 saturated heterocycles. The van der Waals surface area contributed by atoms with Crippen LogP contribution in [0.2, 0.25) is 5.02 Å². The number of anilines is 1. The smallest absolute Gasteiger partial charge is 0.252 e. The minimum absolute atomic E-state index is 0.217. The molecule has 5 N–H and O–H groups in total. The van der Waals surface area contributed by atoms with Crippen molar-refractivity contribution in [3.63, 3.8) is 0 Å². The fourth-order valence-electron chi connectivity index (χ4n) is 3.12. The molecule has 3 rings (SSSR count). The van der Waals surface area contributed by atoms with Gasteiger partial charge in [0.1, 0.15) is 17.3 Å². The molecular weight excluding hydrogens is 437 g/mol. The molecule has 1 aliphatic heterocycles. The Hall–Kier alpha value is -2.55. The molecule has 0 bridgehead atoms. The van der Waals surface area contributed by atoms with E-state index in [-0.39, 0.29) is 16.4 Å². The van der Waals surface area contributed by atoms with Gasteiger partial charge in [0.15, 0.2) is 0 Å². The van der Waals surface area contributed by atoms with Gasteiger partial charge in [-0.25, -0.2) is 4.39 Å². The largest absolute Gasteiger partial charge is 0.496 e. The third-order valence-electron chi connectivity index (χ3n) is 4.73. The fourth-order valence-corrected chi connectivity index (χ4v) is 3.29. The van der Waals surface area contributed by atoms with Crippen molar-refractivity contribution in [3.05, 3.63) is 52.8 Å². The highest BCUT2D eigenvalue weighted by Gasteiger charge is 2.11. The second-order valence-electron chi connectivity index (χ2n) is 7.00. The molecule has 1 heterocycles. The van der Waals surface area contributed by atoms with Crippen molar-refractivity contribution in [2.45, 2.75) is 25.7 Å². The number of ether oxygens (including phenoxy) is 2. The fraction of sp³-hybridized carbons (Fsp3) is 0.435. The van der Waals surface area contributed by atoms with Gasteiger partial charge in [-0.15, -0.1) is 0 Å². The van der Waals surface area contributed by atoms with E-state index in [0.717, 1.165) is 25.8 Å². The number of halogens is 2. The second-order valence-corrected chi connectivity index (χ2v) is 7.40. The van der Waals surface area contributed by atoms with Crippen molar-refractivity contribution in [1.29, 1.82) is 0 Å². The maximum Gasteiger partial charge on any atom is 0.252 e. The van der Waals surface area contributed by atoms with Crippen LogP contribution in [0.3, 0.4) is 0 Å². The van der Waals surface area contributed by atoms with Crippen LogP contribution in [0.1, 0.15) is 36.0 Å². The number of hydrogen-bond donors (Lipinski definition) is 3. The van der Waals surface area contributed by atoms with Crippen LogP contribution in [0.4, 0.5) is 10.1 Å². The molecule has 0 spiro atoms. The Morgan fingerprint density at radius 1 is 1.16 bits per heavy atom. The molecule has 0 aliphatic carbocycles. The maximum atomic E-state index is 12.7. The van der Waals surface area contributed by atoms with Crippen LogP contribution in [0.15, 0.2) is 36.4 Å². The molecule has 0 atom stereocenters. The molecule has 0 aromatic heterocycles. The molecule has 1 amide bonds. The summed E-state index contributed by atoms with van der Waals surface area (Å²) in [6, 6.07) is 9.06. The minimum atomic E-state index is -0.598. The Morgan fingerprint density at radius 2 is 1.78 bits per heavy atom. The number of rotatable bonds is 7. The second kappa shape index (κ2) is 15.3. The Morgan fingerprint density at radius 3 is 2.34 bits per heavy atom. The van der Waals surface area contributed by atoms with Crippen molar-refractivity contribution >= 4 is 23.2 Å². The first kappa shape index (κ1) is 27.5. The predicted octanol–water partition coefficient (Wildman–Crippen LogP) is 3.72. The number of aliphatic hydroxyl groups excluding tert-OH is 1. The van der Waals surface area contributed by atoms with E-state index < -0.39 is 5.91 Å². The number of benzene rings is 2. The summed E-state index contributed by atoms with van der Waals surface area (Å²) < 4.78 is 23.1. The lowest BCUT2D eigenvalue weighted by atomic mass is 10.1. The summed E-state index contributed by atoms with van der Waals surface area (Å²) in [4.78, 5) is 13.4. The van der Waals surface area contributed by atoms with E-state index in [1.54, 1.807) is 12.1 Å². The monoisotopic (exact) mass is 469 g/mol. The zero-order chi connectivity index (χ0) is 23.9. The van der Waals surface area contributed by atoms with E-state index in [9.17, 15) is 9.18 Å². The highest BCUT2D eigenvalue weighted by atomic mass is 35.5. The Labute approximate surface area is 194 Å². The van der Waals surface area contributed by atoms with E-state index in [4.69, 9.17) is 37.6 Å². The summed E-state index contributed by atoms with van der Waals surface area (Å²) >= 11 is 5.70. The van der Waals surface area contributed by atoms with Crippen molar-refractivity contribution in [2.75, 3.05) is 46.2 Å². The SMILES string of the molecule is CO.COc1cc(N)c(Cl)cc1C(N)=O.Fc1ccc(OCCCN2CCCCC2)cc1. The molecule has 0 unspecified atom stereocenters. The lowest BCUT2D eigenvalue weighted by molar-refractivity contribution is 0.0997. The van der Waals surface area contributed by atoms with Crippen LogP contribution in [0.5, 0.6) is 11.5 Å². The van der Waals surface area contributed by atoms with Crippen LogP contribution in [-0.4, -0.2) is 56.4 Å². The quantitative estimate of drug-likeness (QED) is 0.421. The summed E-state index contributed by atoms with van der Waals surface area (Å²) in [5.74, 6) is 0.267. The highest BCUT2D eigenvalue weighted by molar-refractivity contribution is 6.33. The van der Waals surface area contributed by atoms with Gasteiger partial charge in [-0.3, -0.25) is 4.79 Å². The highest BCUT2D eigenvalue weighted by Crippen LogP contribution is 2.28. The zero-order valence-corrected chi connectivity index (χ0v) is 19.4. The Kier molecular flexibility index (Phi) is 13.1. The number of carbonyl (C=O) groups excluding carboxylic acids is 1. The number of methoxy groups -OCH3 is 1. The lowest BCUT2D eigenvalue weighted by Gasteiger charge is -2.26. The number of hydrogen-bond acceptors (Lipinski definition) is 6. The van der Waals surface area contributed by atoms with Crippen LogP contribution < -0.4 is 20.9 Å². The van der Waals surface area contributed by atoms with E-state index in [1.807, 2.05) is 0 Å². The number of piperidine rings is 1. The summed E-state index contributed by atoms with van der Waals surface area (Å²) in [6.07, 6.45) is 5.08. The van der Waals surface area contributed by atoms with Gasteiger partial charge >= 0.3 is 0 Å². The molecule has 32 heavy (non-hydrogen) atoms. The standard InChI is InChI=1S/C14H20FNO.C8H9ClN2O2.CH4O/c15-13-5-7-14(8-6-13)17-12-4-11-16-9-2-1-3-10-16;1-13-7-3-6(10)5(9)2-4(7)8(11)12;1-2/h5-8H,1-4,9-12H2;2-3H,10H2,1H3,(H2,11,12);2H,1H3. The van der Waals surface area contributed by atoms with Gasteiger partial charge in [-0.05, 0) is 62.7 Å². The number of carbonyl (C=O) groups is 1. The van der Waals surface area contributed by atoms with E-state index in [1.165, 1.54) is 63.7 Å². The number of amides is 1. The zero-order valence-electron chi connectivity index (χ0n) is 18.7. The van der Waals surface area contributed by atoms with E-state index in [0.29, 0.717) is 18.0 Å². The molecule has 178 valence electrons. The van der Waals surface area contributed by atoms with Gasteiger partial charge in [0.2, 0.25) is 0 Å². The van der Waals surface area contributed by atoms with Crippen molar-refractivity contribution in [3.8, 4) is 11.5 Å². The number of nitrogens with zero attached hydrogens (tertiary/aromatic N) is 1. The first-order valence-electron chi connectivity index (χ1n) is 10.4. The van der Waals surface area contributed by atoms with Crippen LogP contribution in [0.25, 0.3) is 0 Å². The van der Waals surface area contributed by atoms with Crippen molar-refractivity contribution in [2.24, 2.45) is 5.73 Å². The molecule has 0 saturated carbocycles. The summed E-state index contributed by atoms with van der Waals surface area (Å²) in [6.45, 7) is 4.29. The van der Waals surface area contributed by atoms with Gasteiger partial charge in [0.25, 0.3) is 5.91 Å². The number of primary amides is 1. The molecule has 2 aromatic rings. The first-order valence-corrected chi connectivity index (χ1v) is 10.8. The minimum Gasteiger partial charge on any atom is -0.496 e. The molecule has 0 radical (unpaired) electrons. The Balaban J connectivity index is 0.000000307. The van der Waals surface area contributed by atoms with E-state index in [2.05, 4.69) is 4.90 Å². The van der Waals surface area contributed by atoms with Crippen molar-refractivity contribution in [1.82, 2.24) is 4.90 Å². The number of likely N-dealkylation sites (tertiary alicyclic amines) is 1. The molecule has 7 nitrogen and oxygen atoms in total. The van der Waals surface area contributed by atoms with Gasteiger partial charge < -0.3 is 30.9 Å². The first-order chi connectivity index (χ1) is 15.4. The predicted molar refractivity (Wildman–Crippen MR) is 126 cm³/mol. The number of nitrogens with two attached hydrogens (primary N) is 2. The van der Waals surface area contributed by atoms with Gasteiger partial charge in [0, 0.05) is 19.7 Å². The normalized spacial score (nSPS) is 13.2. The van der Waals surface area contributed by atoms with Crippen LogP contribution in [0, 0.1) is 5.82 Å². The third-order valence-corrected chi connectivity index (χ3v) is 5.06. The van der Waals surface area contributed by atoms with Crippen LogP contribution in [-0.2, 0) is 0 Å². The van der Waals surface area contributed by atoms with Gasteiger partial charge in [-0.2, -0.15) is 0 Å². The molecule has 1 fully saturated rings. The molecule has 1 aliphatic rings. The molecule has 2 aromatic carbocycles. The Bertz CT molecular complexity index is 816. The summed E-state index contributed by atoms with van der Waals surface area (Å²) in [5.41, 5.74) is 11.2. The van der Waals surface area contributed by atoms with Crippen LogP contribution >= 0.6 is 11.6 Å². The van der Waals surface area contributed by atoms with E-state index >= 15 is 0 Å². The number of nitrogen functional groups attached to an aromatic ring is 1. The van der Waals surface area contributed by atoms with Gasteiger partial charge in [0.05, 0.1) is 30.0 Å². The van der Waals surface area contributed by atoms with Gasteiger partial charge in [-0.1, -0.05) is 18.0 Å². The summed E-state index contributed by atoms with van der Waals surface area (Å²) in [7, 11) is 2.43. The molecular formula is C23H33ClFN3O4. The topological polar surface area (TPSA) is 111 Å². The van der Waals surface area contributed by atoms with Crippen molar-refractivity contribution < 1.29 is 23.8 Å². The lowest BCUT2D eigenvalue weighted by Crippen LogP contribution is -2.31. The number of aliphatic hydroxyl groups is 1. The average molecular weight is 470 g/mol.